The molecule has 1 aliphatic heterocycles. The van der Waals surface area contributed by atoms with Crippen LogP contribution in [0.2, 0.25) is 10.2 Å². The lowest BCUT2D eigenvalue weighted by Gasteiger charge is -2.30. The molecule has 1 amide bonds. The van der Waals surface area contributed by atoms with Crippen LogP contribution >= 0.6 is 23.2 Å². The van der Waals surface area contributed by atoms with Gasteiger partial charge in [0.2, 0.25) is 0 Å². The third kappa shape index (κ3) is 3.16. The van der Waals surface area contributed by atoms with Crippen LogP contribution in [0.3, 0.4) is 0 Å². The minimum absolute atomic E-state index is 0.180. The second-order valence-electron chi connectivity index (χ2n) is 4.42. The van der Waals surface area contributed by atoms with Crippen molar-refractivity contribution in [2.24, 2.45) is 5.92 Å². The topological polar surface area (TPSA) is 70.5 Å². The summed E-state index contributed by atoms with van der Waals surface area (Å²) in [5.41, 5.74) is 0.257. The number of rotatable bonds is 2. The molecule has 0 aromatic carbocycles. The van der Waals surface area contributed by atoms with E-state index in [-0.39, 0.29) is 28.2 Å². The largest absolute Gasteiger partial charge is 0.481 e. The smallest absolute Gasteiger partial charge is 0.308 e. The highest BCUT2D eigenvalue weighted by Crippen LogP contribution is 2.23. The van der Waals surface area contributed by atoms with E-state index in [4.69, 9.17) is 28.3 Å². The fourth-order valence-corrected chi connectivity index (χ4v) is 2.45. The van der Waals surface area contributed by atoms with Gasteiger partial charge in [-0.1, -0.05) is 23.2 Å². The Balaban J connectivity index is 2.19. The van der Waals surface area contributed by atoms with Gasteiger partial charge in [-0.15, -0.1) is 0 Å². The van der Waals surface area contributed by atoms with Gasteiger partial charge in [0.15, 0.2) is 0 Å². The zero-order valence-electron chi connectivity index (χ0n) is 9.97. The first-order chi connectivity index (χ1) is 8.99. The third-order valence-corrected chi connectivity index (χ3v) is 3.62. The van der Waals surface area contributed by atoms with Gasteiger partial charge < -0.3 is 10.0 Å². The predicted octanol–water partition coefficient (Wildman–Crippen LogP) is 2.33. The summed E-state index contributed by atoms with van der Waals surface area (Å²) in [6, 6.07) is 1.40. The second-order valence-corrected chi connectivity index (χ2v) is 5.21. The number of carbonyl (C=O) groups excluding carboxylic acids is 1. The number of hydrogen-bond donors (Lipinski definition) is 1. The summed E-state index contributed by atoms with van der Waals surface area (Å²) in [7, 11) is 0. The first-order valence-electron chi connectivity index (χ1n) is 5.82. The van der Waals surface area contributed by atoms with E-state index in [1.54, 1.807) is 0 Å². The van der Waals surface area contributed by atoms with Crippen LogP contribution < -0.4 is 0 Å². The Bertz CT molecular complexity index is 522. The van der Waals surface area contributed by atoms with Crippen molar-refractivity contribution in [3.63, 3.8) is 0 Å². The molecular formula is C12H12Cl2N2O3. The molecule has 1 aromatic rings. The summed E-state index contributed by atoms with van der Waals surface area (Å²) >= 11 is 11.7. The molecule has 1 N–H and O–H groups in total. The van der Waals surface area contributed by atoms with Crippen molar-refractivity contribution in [2.75, 3.05) is 13.1 Å². The maximum Gasteiger partial charge on any atom is 0.308 e. The molecule has 2 heterocycles. The van der Waals surface area contributed by atoms with E-state index in [0.29, 0.717) is 19.4 Å². The van der Waals surface area contributed by atoms with Gasteiger partial charge in [0.05, 0.1) is 16.5 Å². The fourth-order valence-electron chi connectivity index (χ4n) is 2.11. The fraction of sp³-hybridized carbons (Fsp3) is 0.417. The Labute approximate surface area is 120 Å². The highest BCUT2D eigenvalue weighted by Gasteiger charge is 2.29. The number of likely N-dealkylation sites (tertiary alicyclic amines) is 1. The zero-order chi connectivity index (χ0) is 14.0. The molecular weight excluding hydrogens is 291 g/mol. The van der Waals surface area contributed by atoms with Gasteiger partial charge in [0.1, 0.15) is 5.15 Å². The number of carbonyl (C=O) groups is 2. The predicted molar refractivity (Wildman–Crippen MR) is 70.5 cm³/mol. The Hall–Kier alpha value is -1.33. The highest BCUT2D eigenvalue weighted by atomic mass is 35.5. The van der Waals surface area contributed by atoms with E-state index in [2.05, 4.69) is 4.98 Å². The van der Waals surface area contributed by atoms with Crippen LogP contribution in [0.15, 0.2) is 12.3 Å². The minimum atomic E-state index is -0.878. The van der Waals surface area contributed by atoms with Gasteiger partial charge in [-0.05, 0) is 18.9 Å². The number of aromatic nitrogens is 1. The number of carboxylic acids is 1. The standard InChI is InChI=1S/C12H12Cl2N2O3/c13-9-5-15-10(14)4-8(9)11(17)16-3-1-2-7(6-16)12(18)19/h4-5,7H,1-3,6H2,(H,18,19)/t7-/m0/s1. The number of amides is 1. The quantitative estimate of drug-likeness (QED) is 0.851. The minimum Gasteiger partial charge on any atom is -0.481 e. The van der Waals surface area contributed by atoms with Gasteiger partial charge >= 0.3 is 5.97 Å². The first-order valence-corrected chi connectivity index (χ1v) is 6.57. The summed E-state index contributed by atoms with van der Waals surface area (Å²) in [4.78, 5) is 28.6. The average Bonchev–Trinajstić information content (AvgIpc) is 2.41. The molecule has 0 spiro atoms. The number of nitrogens with zero attached hydrogens (tertiary/aromatic N) is 2. The molecule has 0 saturated carbocycles. The van der Waals surface area contributed by atoms with Gasteiger partial charge in [-0.25, -0.2) is 4.98 Å². The van der Waals surface area contributed by atoms with Gasteiger partial charge in [0.25, 0.3) is 5.91 Å². The molecule has 1 fully saturated rings. The van der Waals surface area contributed by atoms with E-state index >= 15 is 0 Å². The second kappa shape index (κ2) is 5.75. The maximum atomic E-state index is 12.3. The van der Waals surface area contributed by atoms with Crippen molar-refractivity contribution in [2.45, 2.75) is 12.8 Å². The van der Waals surface area contributed by atoms with Crippen LogP contribution in [0.4, 0.5) is 0 Å². The van der Waals surface area contributed by atoms with Gasteiger partial charge in [-0.3, -0.25) is 9.59 Å². The molecule has 0 radical (unpaired) electrons. The summed E-state index contributed by atoms with van der Waals surface area (Å²) in [6.07, 6.45) is 2.57. The van der Waals surface area contributed by atoms with Crippen molar-refractivity contribution in [3.8, 4) is 0 Å². The van der Waals surface area contributed by atoms with Gasteiger partial charge in [0, 0.05) is 19.3 Å². The van der Waals surface area contributed by atoms with Crippen molar-refractivity contribution >= 4 is 35.1 Å². The van der Waals surface area contributed by atoms with Crippen LogP contribution in [0.5, 0.6) is 0 Å². The number of carboxylic acid groups (broad SMARTS) is 1. The lowest BCUT2D eigenvalue weighted by Crippen LogP contribution is -2.42. The summed E-state index contributed by atoms with van der Waals surface area (Å²) in [5.74, 6) is -1.70. The van der Waals surface area contributed by atoms with Crippen LogP contribution in [0, 0.1) is 5.92 Å². The Morgan fingerprint density at radius 2 is 2.16 bits per heavy atom. The average molecular weight is 303 g/mol. The molecule has 1 saturated heterocycles. The van der Waals surface area contributed by atoms with Gasteiger partial charge in [-0.2, -0.15) is 0 Å². The Kier molecular flexibility index (Phi) is 4.27. The molecule has 5 nitrogen and oxygen atoms in total. The third-order valence-electron chi connectivity index (χ3n) is 3.11. The SMILES string of the molecule is O=C(O)[C@H]1CCCN(C(=O)c2cc(Cl)ncc2Cl)C1. The van der Waals surface area contributed by atoms with Crippen molar-refractivity contribution < 1.29 is 14.7 Å². The number of halogens is 2. The lowest BCUT2D eigenvalue weighted by molar-refractivity contribution is -0.143. The molecule has 0 bridgehead atoms. The molecule has 102 valence electrons. The monoisotopic (exact) mass is 302 g/mol. The number of pyridine rings is 1. The van der Waals surface area contributed by atoms with Crippen molar-refractivity contribution in [1.29, 1.82) is 0 Å². The normalized spacial score (nSPS) is 19.3. The zero-order valence-corrected chi connectivity index (χ0v) is 11.5. The van der Waals surface area contributed by atoms with Crippen LogP contribution in [-0.4, -0.2) is 40.0 Å². The molecule has 0 aliphatic carbocycles. The van der Waals surface area contributed by atoms with E-state index in [9.17, 15) is 9.59 Å². The molecule has 19 heavy (non-hydrogen) atoms. The number of aliphatic carboxylic acids is 1. The van der Waals surface area contributed by atoms with E-state index < -0.39 is 11.9 Å². The van der Waals surface area contributed by atoms with Crippen LogP contribution in [0.25, 0.3) is 0 Å². The first kappa shape index (κ1) is 14.1. The molecule has 1 atom stereocenters. The number of hydrogen-bond acceptors (Lipinski definition) is 3. The Morgan fingerprint density at radius 1 is 1.42 bits per heavy atom. The lowest BCUT2D eigenvalue weighted by atomic mass is 9.98. The Morgan fingerprint density at radius 3 is 2.84 bits per heavy atom. The van der Waals surface area contributed by atoms with E-state index in [1.807, 2.05) is 0 Å². The molecule has 2 rings (SSSR count). The van der Waals surface area contributed by atoms with Crippen LogP contribution in [-0.2, 0) is 4.79 Å². The molecule has 7 heteroatoms. The van der Waals surface area contributed by atoms with E-state index in [1.165, 1.54) is 17.2 Å². The highest BCUT2D eigenvalue weighted by molar-refractivity contribution is 6.35. The number of piperidine rings is 1. The summed E-state index contributed by atoms with van der Waals surface area (Å²) in [6.45, 7) is 0.726. The summed E-state index contributed by atoms with van der Waals surface area (Å²) < 4.78 is 0. The molecule has 0 unspecified atom stereocenters. The van der Waals surface area contributed by atoms with E-state index in [0.717, 1.165) is 0 Å². The molecule has 1 aliphatic rings. The maximum absolute atomic E-state index is 12.3. The van der Waals surface area contributed by atoms with Crippen molar-refractivity contribution in [3.05, 3.63) is 28.0 Å². The summed E-state index contributed by atoms with van der Waals surface area (Å²) in [5, 5.41) is 9.41. The van der Waals surface area contributed by atoms with Crippen LogP contribution in [0.1, 0.15) is 23.2 Å². The van der Waals surface area contributed by atoms with Crippen molar-refractivity contribution in [1.82, 2.24) is 9.88 Å². The molecule has 1 aromatic heterocycles.